The topological polar surface area (TPSA) is 9.23 Å². The number of hydrogen-bond donors (Lipinski definition) is 0. The molecule has 0 saturated carbocycles. The van der Waals surface area contributed by atoms with Gasteiger partial charge in [-0.1, -0.05) is 49.8 Å². The lowest BCUT2D eigenvalue weighted by molar-refractivity contribution is 0.363. The van der Waals surface area contributed by atoms with Gasteiger partial charge < -0.3 is 4.74 Å². The fourth-order valence-electron chi connectivity index (χ4n) is 2.74. The van der Waals surface area contributed by atoms with Gasteiger partial charge in [-0.25, -0.2) is 0 Å². The minimum atomic E-state index is -9.75. The number of benzene rings is 3. The maximum Gasteiger partial charge on any atom is 0.310 e. The monoisotopic (exact) mass is 403 g/mol. The molecule has 1 heterocycles. The molecule has 8 heteroatoms. The minimum Gasteiger partial charge on any atom is -0.447 e. The Hall–Kier alpha value is -2.19. The van der Waals surface area contributed by atoms with Crippen LogP contribution in [0.1, 0.15) is 0 Å². The first kappa shape index (κ1) is 17.2. The van der Waals surface area contributed by atoms with Gasteiger partial charge in [0.05, 0.1) is 0 Å². The highest BCUT2D eigenvalue weighted by Gasteiger charge is 2.65. The summed E-state index contributed by atoms with van der Waals surface area (Å²) in [5, 5.41) is 0. The summed E-state index contributed by atoms with van der Waals surface area (Å²) in [6, 6.07) is 17.3. The summed E-state index contributed by atoms with van der Waals surface area (Å²) < 4.78 is 72.1. The number of fused-ring (bicyclic) bond motifs is 2. The smallest absolute Gasteiger partial charge is 0.310 e. The molecule has 0 radical (unpaired) electrons. The molecule has 3 aromatic carbocycles. The van der Waals surface area contributed by atoms with Crippen LogP contribution in [0, 0.1) is 0 Å². The lowest BCUT2D eigenvalue weighted by Gasteiger charge is -2.40. The standard InChI is InChI=1S/C18H12F5OS2/c19-26(20,21,22,23)14-7-5-6-13(12-14)25-17-10-3-1-8-15(17)24-16-9-2-4-11-18(16)25/h1-12H/q+1. The van der Waals surface area contributed by atoms with Crippen LogP contribution in [0.4, 0.5) is 19.4 Å². The van der Waals surface area contributed by atoms with Crippen molar-refractivity contribution in [2.45, 2.75) is 19.6 Å². The second kappa shape index (κ2) is 4.95. The Kier molecular flexibility index (Phi) is 3.28. The van der Waals surface area contributed by atoms with Crippen LogP contribution in [0.25, 0.3) is 0 Å². The molecule has 0 atom stereocenters. The zero-order valence-corrected chi connectivity index (χ0v) is 14.7. The van der Waals surface area contributed by atoms with Crippen molar-refractivity contribution in [3.63, 3.8) is 0 Å². The Bertz CT molecular complexity index is 973. The van der Waals surface area contributed by atoms with Crippen LogP contribution < -0.4 is 4.74 Å². The number of ether oxygens (including phenoxy) is 1. The van der Waals surface area contributed by atoms with E-state index in [9.17, 15) is 19.4 Å². The molecule has 0 amide bonds. The maximum atomic E-state index is 13.3. The van der Waals surface area contributed by atoms with Gasteiger partial charge >= 0.3 is 10.2 Å². The van der Waals surface area contributed by atoms with Crippen molar-refractivity contribution in [2.75, 3.05) is 0 Å². The highest BCUT2D eigenvalue weighted by atomic mass is 32.5. The predicted octanol–water partition coefficient (Wildman–Crippen LogP) is 7.55. The minimum absolute atomic E-state index is 0.166. The van der Waals surface area contributed by atoms with Gasteiger partial charge in [0, 0.05) is 6.07 Å². The van der Waals surface area contributed by atoms with Gasteiger partial charge in [0.1, 0.15) is 15.8 Å². The molecule has 136 valence electrons. The summed E-state index contributed by atoms with van der Waals surface area (Å²) in [6.45, 7) is 0. The van der Waals surface area contributed by atoms with Crippen molar-refractivity contribution in [3.8, 4) is 11.5 Å². The van der Waals surface area contributed by atoms with E-state index in [1.54, 1.807) is 48.5 Å². The van der Waals surface area contributed by atoms with Crippen molar-refractivity contribution in [3.05, 3.63) is 72.8 Å². The third-order valence-corrected chi connectivity index (χ3v) is 7.27. The summed E-state index contributed by atoms with van der Waals surface area (Å²) in [4.78, 5) is -0.397. The first-order chi connectivity index (χ1) is 12.0. The molecule has 1 aliphatic heterocycles. The summed E-state index contributed by atoms with van der Waals surface area (Å²) in [5.74, 6) is 1.01. The highest BCUT2D eigenvalue weighted by molar-refractivity contribution is 8.45. The third-order valence-electron chi connectivity index (χ3n) is 3.84. The van der Waals surface area contributed by atoms with Gasteiger partial charge in [-0.3, -0.25) is 0 Å². The number of hydrogen-bond acceptors (Lipinski definition) is 1. The fourth-order valence-corrected chi connectivity index (χ4v) is 5.75. The van der Waals surface area contributed by atoms with E-state index in [0.29, 0.717) is 33.4 Å². The van der Waals surface area contributed by atoms with E-state index in [1.165, 1.54) is 6.07 Å². The van der Waals surface area contributed by atoms with E-state index in [-0.39, 0.29) is 4.90 Å². The molecular formula is C18H12F5OS2+. The molecule has 3 aromatic rings. The molecule has 1 aliphatic rings. The number of halogens is 5. The summed E-state index contributed by atoms with van der Waals surface area (Å²) in [7, 11) is -10.7. The normalized spacial score (nSPS) is 16.7. The summed E-state index contributed by atoms with van der Waals surface area (Å²) in [6.07, 6.45) is 0. The van der Waals surface area contributed by atoms with Gasteiger partial charge in [0.2, 0.25) is 9.79 Å². The molecule has 0 N–H and O–H groups in total. The van der Waals surface area contributed by atoms with E-state index in [4.69, 9.17) is 4.74 Å². The molecule has 0 saturated heterocycles. The first-order valence-corrected chi connectivity index (χ1v) is 10.6. The number of rotatable bonds is 2. The third kappa shape index (κ3) is 3.03. The molecule has 0 spiro atoms. The van der Waals surface area contributed by atoms with Gasteiger partial charge in [-0.05, 0) is 36.4 Å². The second-order valence-corrected chi connectivity index (χ2v) is 10.1. The zero-order chi connectivity index (χ0) is 18.6. The van der Waals surface area contributed by atoms with Crippen LogP contribution in [-0.4, -0.2) is 0 Å². The first-order valence-electron chi connectivity index (χ1n) is 7.47. The average molecular weight is 403 g/mol. The Labute approximate surface area is 149 Å². The predicted molar refractivity (Wildman–Crippen MR) is 93.0 cm³/mol. The van der Waals surface area contributed by atoms with Gasteiger partial charge in [0.25, 0.3) is 0 Å². The van der Waals surface area contributed by atoms with Crippen molar-refractivity contribution < 1.29 is 24.2 Å². The molecule has 0 unspecified atom stereocenters. The van der Waals surface area contributed by atoms with Crippen molar-refractivity contribution >= 4 is 21.1 Å². The Morgan fingerprint density at radius 3 is 1.73 bits per heavy atom. The molecule has 0 aromatic heterocycles. The Balaban J connectivity index is 1.95. The Morgan fingerprint density at radius 2 is 1.19 bits per heavy atom. The highest BCUT2D eigenvalue weighted by Crippen LogP contribution is 3.02. The molecule has 26 heavy (non-hydrogen) atoms. The van der Waals surface area contributed by atoms with Crippen LogP contribution >= 0.6 is 10.2 Å². The van der Waals surface area contributed by atoms with Crippen molar-refractivity contribution in [1.82, 2.24) is 0 Å². The fraction of sp³-hybridized carbons (Fsp3) is 0. The molecule has 0 fully saturated rings. The molecule has 4 rings (SSSR count). The van der Waals surface area contributed by atoms with E-state index in [1.807, 2.05) is 0 Å². The van der Waals surface area contributed by atoms with Crippen molar-refractivity contribution in [2.24, 2.45) is 0 Å². The van der Waals surface area contributed by atoms with Gasteiger partial charge in [0.15, 0.2) is 16.4 Å². The van der Waals surface area contributed by atoms with Crippen LogP contribution in [-0.2, 0) is 10.9 Å². The van der Waals surface area contributed by atoms with E-state index in [2.05, 4.69) is 0 Å². The van der Waals surface area contributed by atoms with Crippen molar-refractivity contribution in [1.29, 1.82) is 0 Å². The summed E-state index contributed by atoms with van der Waals surface area (Å²) in [5.41, 5.74) is 0. The maximum absolute atomic E-state index is 13.3. The zero-order valence-electron chi connectivity index (χ0n) is 13.0. The van der Waals surface area contributed by atoms with E-state index < -0.39 is 26.0 Å². The lowest BCUT2D eigenvalue weighted by Crippen LogP contribution is -2.13. The number of para-hydroxylation sites is 2. The van der Waals surface area contributed by atoms with Crippen LogP contribution in [0.3, 0.4) is 0 Å². The van der Waals surface area contributed by atoms with Crippen LogP contribution in [0.15, 0.2) is 92.4 Å². The summed E-state index contributed by atoms with van der Waals surface area (Å²) >= 11 is 0. The molecule has 1 nitrogen and oxygen atoms in total. The van der Waals surface area contributed by atoms with Gasteiger partial charge in [-0.2, -0.15) is 0 Å². The second-order valence-electron chi connectivity index (χ2n) is 5.75. The Morgan fingerprint density at radius 1 is 0.654 bits per heavy atom. The van der Waals surface area contributed by atoms with Crippen LogP contribution in [0.2, 0.25) is 0 Å². The molecular weight excluding hydrogens is 391 g/mol. The molecule has 0 bridgehead atoms. The average Bonchev–Trinajstić information content (AvgIpc) is 2.58. The van der Waals surface area contributed by atoms with Gasteiger partial charge in [-0.15, -0.1) is 0 Å². The van der Waals surface area contributed by atoms with E-state index in [0.717, 1.165) is 6.07 Å². The van der Waals surface area contributed by atoms with E-state index >= 15 is 0 Å². The molecule has 0 aliphatic carbocycles. The van der Waals surface area contributed by atoms with Crippen LogP contribution in [0.5, 0.6) is 11.5 Å². The quantitative estimate of drug-likeness (QED) is 0.248. The largest absolute Gasteiger partial charge is 0.447 e. The SMILES string of the molecule is FS(F)(F)(F)(F)c1cccc([S+]2c3ccccc3Oc3ccccc32)c1. The lowest BCUT2D eigenvalue weighted by atomic mass is 10.3.